The zero-order chi connectivity index (χ0) is 27.2. The fourth-order valence-electron chi connectivity index (χ4n) is 4.83. The summed E-state index contributed by atoms with van der Waals surface area (Å²) in [7, 11) is 0. The van der Waals surface area contributed by atoms with Gasteiger partial charge < -0.3 is 9.84 Å². The van der Waals surface area contributed by atoms with Crippen molar-refractivity contribution < 1.29 is 19.4 Å². The maximum absolute atomic E-state index is 12.0. The van der Waals surface area contributed by atoms with Crippen LogP contribution in [0.25, 0.3) is 0 Å². The van der Waals surface area contributed by atoms with Crippen molar-refractivity contribution in [2.24, 2.45) is 5.92 Å². The molecule has 0 saturated heterocycles. The molecule has 0 aromatic rings. The lowest BCUT2D eigenvalue weighted by Crippen LogP contribution is -2.21. The standard InChI is InChI=1S/C33H60O4/c1-3-5-6-7-8-9-10-11-12-13-14-15-16-17-18-19-20-21-22-23-24-25-26-27-28-31(30-32(34)35)33(36)37-29-4-2/h4,20-21,31H,2-3,5-19,22-30H2,1H3,(H,34,35)/b21-20+. The largest absolute Gasteiger partial charge is 0.481 e. The molecule has 0 bridgehead atoms. The van der Waals surface area contributed by atoms with Gasteiger partial charge in [-0.25, -0.2) is 0 Å². The third kappa shape index (κ3) is 27.3. The van der Waals surface area contributed by atoms with Crippen molar-refractivity contribution in [3.63, 3.8) is 0 Å². The average Bonchev–Trinajstić information content (AvgIpc) is 2.88. The Morgan fingerprint density at radius 1 is 0.676 bits per heavy atom. The minimum atomic E-state index is -0.948. The van der Waals surface area contributed by atoms with Crippen LogP contribution in [0.2, 0.25) is 0 Å². The smallest absolute Gasteiger partial charge is 0.309 e. The summed E-state index contributed by atoms with van der Waals surface area (Å²) in [5.41, 5.74) is 0. The molecular formula is C33H60O4. The molecule has 1 unspecified atom stereocenters. The number of ether oxygens (including phenoxy) is 1. The lowest BCUT2D eigenvalue weighted by molar-refractivity contribution is -0.152. The van der Waals surface area contributed by atoms with Gasteiger partial charge in [0, 0.05) is 0 Å². The van der Waals surface area contributed by atoms with E-state index in [2.05, 4.69) is 25.7 Å². The number of hydrogen-bond acceptors (Lipinski definition) is 3. The summed E-state index contributed by atoms with van der Waals surface area (Å²) in [6.45, 7) is 5.94. The van der Waals surface area contributed by atoms with Gasteiger partial charge in [0.05, 0.1) is 12.3 Å². The molecule has 0 aliphatic heterocycles. The second-order valence-corrected chi connectivity index (χ2v) is 10.8. The van der Waals surface area contributed by atoms with Gasteiger partial charge in [-0.3, -0.25) is 9.59 Å². The van der Waals surface area contributed by atoms with Crippen LogP contribution in [0.3, 0.4) is 0 Å². The minimum Gasteiger partial charge on any atom is -0.481 e. The van der Waals surface area contributed by atoms with Crippen molar-refractivity contribution in [2.45, 2.75) is 161 Å². The number of carboxylic acids is 1. The molecule has 1 atom stereocenters. The molecule has 0 aliphatic carbocycles. The van der Waals surface area contributed by atoms with Crippen LogP contribution >= 0.6 is 0 Å². The molecule has 0 fully saturated rings. The van der Waals surface area contributed by atoms with Crippen molar-refractivity contribution in [3.05, 3.63) is 24.8 Å². The Morgan fingerprint density at radius 2 is 1.08 bits per heavy atom. The van der Waals surface area contributed by atoms with E-state index < -0.39 is 17.9 Å². The van der Waals surface area contributed by atoms with Gasteiger partial charge >= 0.3 is 11.9 Å². The van der Waals surface area contributed by atoms with Gasteiger partial charge in [0.1, 0.15) is 6.61 Å². The molecule has 0 rings (SSSR count). The number of rotatable bonds is 29. The quantitative estimate of drug-likeness (QED) is 0.0605. The van der Waals surface area contributed by atoms with E-state index in [-0.39, 0.29) is 13.0 Å². The highest BCUT2D eigenvalue weighted by molar-refractivity contribution is 5.79. The van der Waals surface area contributed by atoms with E-state index in [0.29, 0.717) is 6.42 Å². The van der Waals surface area contributed by atoms with E-state index in [4.69, 9.17) is 9.84 Å². The predicted molar refractivity (Wildman–Crippen MR) is 158 cm³/mol. The summed E-state index contributed by atoms with van der Waals surface area (Å²) in [6.07, 6.45) is 35.6. The van der Waals surface area contributed by atoms with Gasteiger partial charge in [0.25, 0.3) is 0 Å². The van der Waals surface area contributed by atoms with E-state index in [1.807, 2.05) is 0 Å². The fourth-order valence-corrected chi connectivity index (χ4v) is 4.83. The van der Waals surface area contributed by atoms with Gasteiger partial charge in [0.2, 0.25) is 0 Å². The van der Waals surface area contributed by atoms with E-state index in [9.17, 15) is 9.59 Å². The Bertz CT molecular complexity index is 555. The molecule has 0 heterocycles. The Balaban J connectivity index is 3.41. The zero-order valence-corrected chi connectivity index (χ0v) is 24.4. The fraction of sp³-hybridized carbons (Fsp3) is 0.818. The van der Waals surface area contributed by atoms with Crippen LogP contribution in [0.4, 0.5) is 0 Å². The van der Waals surface area contributed by atoms with Crippen molar-refractivity contribution in [1.29, 1.82) is 0 Å². The molecule has 0 aliphatic rings. The summed E-state index contributed by atoms with van der Waals surface area (Å²) < 4.78 is 5.03. The molecule has 216 valence electrons. The van der Waals surface area contributed by atoms with E-state index in [1.165, 1.54) is 122 Å². The number of carbonyl (C=O) groups is 2. The molecule has 0 amide bonds. The Morgan fingerprint density at radius 3 is 1.49 bits per heavy atom. The van der Waals surface area contributed by atoms with Gasteiger partial charge in [-0.2, -0.15) is 0 Å². The second kappa shape index (κ2) is 29.0. The summed E-state index contributed by atoms with van der Waals surface area (Å²) >= 11 is 0. The van der Waals surface area contributed by atoms with Crippen LogP contribution in [0, 0.1) is 5.92 Å². The van der Waals surface area contributed by atoms with Crippen LogP contribution in [-0.2, 0) is 14.3 Å². The number of allylic oxidation sites excluding steroid dienone is 2. The van der Waals surface area contributed by atoms with Crippen LogP contribution in [0.5, 0.6) is 0 Å². The third-order valence-electron chi connectivity index (χ3n) is 7.16. The van der Waals surface area contributed by atoms with Gasteiger partial charge in [-0.15, -0.1) is 0 Å². The van der Waals surface area contributed by atoms with Crippen molar-refractivity contribution in [2.75, 3.05) is 6.61 Å². The lowest BCUT2D eigenvalue weighted by atomic mass is 9.97. The van der Waals surface area contributed by atoms with Crippen LogP contribution in [-0.4, -0.2) is 23.7 Å². The number of esters is 1. The Kier molecular flexibility index (Phi) is 27.7. The van der Waals surface area contributed by atoms with E-state index >= 15 is 0 Å². The van der Waals surface area contributed by atoms with Crippen molar-refractivity contribution in [3.8, 4) is 0 Å². The van der Waals surface area contributed by atoms with Crippen molar-refractivity contribution >= 4 is 11.9 Å². The molecule has 4 nitrogen and oxygen atoms in total. The third-order valence-corrected chi connectivity index (χ3v) is 7.16. The van der Waals surface area contributed by atoms with Gasteiger partial charge in [-0.1, -0.05) is 147 Å². The number of aliphatic carboxylic acids is 1. The molecular weight excluding hydrogens is 460 g/mol. The summed E-state index contributed by atoms with van der Waals surface area (Å²) in [4.78, 5) is 22.9. The van der Waals surface area contributed by atoms with E-state index in [0.717, 1.165) is 25.7 Å². The van der Waals surface area contributed by atoms with Crippen LogP contribution in [0.15, 0.2) is 24.8 Å². The number of hydrogen-bond donors (Lipinski definition) is 1. The average molecular weight is 521 g/mol. The Labute approximate surface area is 229 Å². The molecule has 0 spiro atoms. The molecule has 0 aromatic heterocycles. The maximum atomic E-state index is 12.0. The number of unbranched alkanes of at least 4 members (excludes halogenated alkanes) is 20. The molecule has 0 saturated carbocycles. The topological polar surface area (TPSA) is 63.6 Å². The summed E-state index contributed by atoms with van der Waals surface area (Å²) in [5.74, 6) is -1.90. The van der Waals surface area contributed by atoms with Crippen LogP contribution in [0.1, 0.15) is 161 Å². The number of carboxylic acid groups (broad SMARTS) is 1. The Hall–Kier alpha value is -1.58. The second-order valence-electron chi connectivity index (χ2n) is 10.8. The zero-order valence-electron chi connectivity index (χ0n) is 24.4. The first-order valence-corrected chi connectivity index (χ1v) is 15.8. The summed E-state index contributed by atoms with van der Waals surface area (Å²) in [6, 6.07) is 0. The highest BCUT2D eigenvalue weighted by Gasteiger charge is 2.22. The maximum Gasteiger partial charge on any atom is 0.309 e. The first kappa shape index (κ1) is 35.4. The van der Waals surface area contributed by atoms with Crippen molar-refractivity contribution in [1.82, 2.24) is 0 Å². The molecule has 0 aromatic carbocycles. The molecule has 0 radical (unpaired) electrons. The van der Waals surface area contributed by atoms with E-state index in [1.54, 1.807) is 0 Å². The monoisotopic (exact) mass is 520 g/mol. The highest BCUT2D eigenvalue weighted by Crippen LogP contribution is 2.18. The normalized spacial score (nSPS) is 12.1. The molecule has 1 N–H and O–H groups in total. The van der Waals surface area contributed by atoms with Gasteiger partial charge in [-0.05, 0) is 32.1 Å². The predicted octanol–water partition coefficient (Wildman–Crippen LogP) is 10.4. The first-order valence-electron chi connectivity index (χ1n) is 15.8. The SMILES string of the molecule is C=CCOC(=O)C(CCCCCCC/C=C/CCCCCCCCCCCCCCCCC)CC(=O)O. The summed E-state index contributed by atoms with van der Waals surface area (Å²) in [5, 5.41) is 9.01. The first-order chi connectivity index (χ1) is 18.1. The minimum absolute atomic E-state index is 0.141. The molecule has 37 heavy (non-hydrogen) atoms. The molecule has 4 heteroatoms. The van der Waals surface area contributed by atoms with Crippen LogP contribution < -0.4 is 0 Å². The van der Waals surface area contributed by atoms with Gasteiger partial charge in [0.15, 0.2) is 0 Å². The lowest BCUT2D eigenvalue weighted by Gasteiger charge is -2.13. The number of carbonyl (C=O) groups excluding carboxylic acids is 1. The highest BCUT2D eigenvalue weighted by atomic mass is 16.5.